The number of carbonyl (C=O) groups is 3. The highest BCUT2D eigenvalue weighted by Crippen LogP contribution is 2.22. The van der Waals surface area contributed by atoms with E-state index in [1.807, 2.05) is 18.2 Å². The molecule has 2 aromatic heterocycles. The molecule has 0 bridgehead atoms. The lowest BCUT2D eigenvalue weighted by Crippen LogP contribution is -2.42. The van der Waals surface area contributed by atoms with Crippen molar-refractivity contribution in [3.63, 3.8) is 0 Å². The molecule has 1 aromatic carbocycles. The van der Waals surface area contributed by atoms with Gasteiger partial charge in [-0.1, -0.05) is 30.3 Å². The second kappa shape index (κ2) is 8.86. The van der Waals surface area contributed by atoms with Gasteiger partial charge in [0.05, 0.1) is 17.9 Å². The van der Waals surface area contributed by atoms with Crippen molar-refractivity contribution in [2.24, 2.45) is 0 Å². The Kier molecular flexibility index (Phi) is 6.26. The number of aromatic amines is 1. The summed E-state index contributed by atoms with van der Waals surface area (Å²) in [5, 5.41) is 0. The van der Waals surface area contributed by atoms with Crippen LogP contribution in [0, 0.1) is 13.8 Å². The van der Waals surface area contributed by atoms with E-state index in [4.69, 9.17) is 4.74 Å². The number of nitrogens with zero attached hydrogens (tertiary/aromatic N) is 1. The number of aryl methyl sites for hydroxylation is 1. The van der Waals surface area contributed by atoms with Gasteiger partial charge in [-0.25, -0.2) is 4.79 Å². The monoisotopic (exact) mass is 405 g/mol. The highest BCUT2D eigenvalue weighted by molar-refractivity contribution is 6.08. The number of nitrogens with one attached hydrogen (secondary N) is 1. The van der Waals surface area contributed by atoms with E-state index in [0.29, 0.717) is 33.6 Å². The maximum Gasteiger partial charge on any atom is 0.340 e. The Morgan fingerprint density at radius 3 is 2.20 bits per heavy atom. The quantitative estimate of drug-likeness (QED) is 0.369. The number of esters is 1. The molecule has 0 saturated carbocycles. The van der Waals surface area contributed by atoms with Crippen LogP contribution in [0.25, 0.3) is 0 Å². The third-order valence-corrected chi connectivity index (χ3v) is 5.14. The minimum Gasteiger partial charge on any atom is -0.462 e. The third kappa shape index (κ3) is 4.08. The van der Waals surface area contributed by atoms with Crippen LogP contribution in [0.5, 0.6) is 0 Å². The summed E-state index contributed by atoms with van der Waals surface area (Å²) in [6.07, 6.45) is 3.44. The highest BCUT2D eigenvalue weighted by Gasteiger charge is 2.30. The van der Waals surface area contributed by atoms with Gasteiger partial charge in [0, 0.05) is 35.9 Å². The van der Waals surface area contributed by atoms with Crippen molar-refractivity contribution >= 4 is 17.5 Å². The smallest absolute Gasteiger partial charge is 0.340 e. The molecule has 1 atom stereocenters. The number of ether oxygens (including phenoxy) is 1. The second-order valence-corrected chi connectivity index (χ2v) is 7.11. The molecule has 154 valence electrons. The van der Waals surface area contributed by atoms with Gasteiger partial charge >= 0.3 is 5.97 Å². The second-order valence-electron chi connectivity index (χ2n) is 7.11. The Morgan fingerprint density at radius 1 is 1.00 bits per heavy atom. The summed E-state index contributed by atoms with van der Waals surface area (Å²) in [5.74, 6) is -0.665. The lowest BCUT2D eigenvalue weighted by Gasteiger charge is -2.07. The summed E-state index contributed by atoms with van der Waals surface area (Å²) in [6, 6.07) is 11.9. The Labute approximate surface area is 175 Å². The molecule has 0 aliphatic rings. The summed E-state index contributed by atoms with van der Waals surface area (Å²) >= 11 is 0. The first-order valence-corrected chi connectivity index (χ1v) is 9.86. The van der Waals surface area contributed by atoms with Gasteiger partial charge in [-0.2, -0.15) is 4.57 Å². The van der Waals surface area contributed by atoms with E-state index in [2.05, 4.69) is 4.98 Å². The number of Topliss-reactive ketones (excluding diaryl/α,β-unsaturated/α-hetero) is 1. The van der Waals surface area contributed by atoms with Crippen molar-refractivity contribution in [3.8, 4) is 0 Å². The molecule has 0 saturated heterocycles. The molecule has 0 spiro atoms. The predicted octanol–water partition coefficient (Wildman–Crippen LogP) is 3.77. The number of pyridine rings is 1. The Hall–Kier alpha value is -3.54. The number of benzene rings is 1. The number of ketones is 2. The van der Waals surface area contributed by atoms with Crippen LogP contribution >= 0.6 is 0 Å². The third-order valence-electron chi connectivity index (χ3n) is 5.14. The first-order chi connectivity index (χ1) is 14.3. The maximum atomic E-state index is 13.1. The summed E-state index contributed by atoms with van der Waals surface area (Å²) in [5.41, 5.74) is 3.15. The normalized spacial score (nSPS) is 11.7. The van der Waals surface area contributed by atoms with Crippen LogP contribution < -0.4 is 4.57 Å². The fraction of sp³-hybridized carbons (Fsp3) is 0.250. The fourth-order valence-corrected chi connectivity index (χ4v) is 3.45. The van der Waals surface area contributed by atoms with Crippen LogP contribution in [0.3, 0.4) is 0 Å². The first-order valence-electron chi connectivity index (χ1n) is 9.86. The number of aromatic nitrogens is 2. The van der Waals surface area contributed by atoms with Gasteiger partial charge in [0.1, 0.15) is 0 Å². The summed E-state index contributed by atoms with van der Waals surface area (Å²) < 4.78 is 6.83. The molecule has 1 N–H and O–H groups in total. The fourth-order valence-electron chi connectivity index (χ4n) is 3.45. The molecular weight excluding hydrogens is 380 g/mol. The molecule has 0 amide bonds. The van der Waals surface area contributed by atoms with E-state index in [9.17, 15) is 14.4 Å². The van der Waals surface area contributed by atoms with Crippen molar-refractivity contribution in [1.82, 2.24) is 4.98 Å². The predicted molar refractivity (Wildman–Crippen MR) is 112 cm³/mol. The maximum absolute atomic E-state index is 13.1. The molecule has 3 aromatic rings. The topological polar surface area (TPSA) is 80.1 Å². The number of hydrogen-bond donors (Lipinski definition) is 1. The molecule has 0 fully saturated rings. The number of rotatable bonds is 7. The van der Waals surface area contributed by atoms with Gasteiger partial charge in [0.25, 0.3) is 0 Å². The number of carbonyl (C=O) groups excluding carboxylic acids is 3. The van der Waals surface area contributed by atoms with Gasteiger partial charge < -0.3 is 9.72 Å². The van der Waals surface area contributed by atoms with E-state index in [1.54, 1.807) is 68.9 Å². The zero-order valence-corrected chi connectivity index (χ0v) is 17.6. The Morgan fingerprint density at radius 2 is 1.60 bits per heavy atom. The molecular formula is C24H25N2O4+. The molecule has 0 aliphatic carbocycles. The van der Waals surface area contributed by atoms with E-state index in [1.165, 1.54) is 0 Å². The largest absolute Gasteiger partial charge is 0.462 e. The molecule has 2 heterocycles. The molecule has 6 nitrogen and oxygen atoms in total. The zero-order valence-electron chi connectivity index (χ0n) is 17.6. The average molecular weight is 405 g/mol. The van der Waals surface area contributed by atoms with Gasteiger partial charge in [0.15, 0.2) is 18.2 Å². The molecule has 3 rings (SSSR count). The highest BCUT2D eigenvalue weighted by atomic mass is 16.5. The lowest BCUT2D eigenvalue weighted by atomic mass is 10.0. The number of hydrogen-bond acceptors (Lipinski definition) is 4. The van der Waals surface area contributed by atoms with Gasteiger partial charge in [-0.3, -0.25) is 9.59 Å². The molecule has 30 heavy (non-hydrogen) atoms. The minimum atomic E-state index is -0.516. The van der Waals surface area contributed by atoms with Crippen molar-refractivity contribution in [2.45, 2.75) is 33.7 Å². The van der Waals surface area contributed by atoms with Gasteiger partial charge in [-0.15, -0.1) is 0 Å². The average Bonchev–Trinajstić information content (AvgIpc) is 3.07. The van der Waals surface area contributed by atoms with Crippen LogP contribution in [0.1, 0.15) is 67.9 Å². The van der Waals surface area contributed by atoms with Crippen molar-refractivity contribution < 1.29 is 23.7 Å². The van der Waals surface area contributed by atoms with E-state index in [0.717, 1.165) is 0 Å². The summed E-state index contributed by atoms with van der Waals surface area (Å²) in [4.78, 5) is 40.9. The van der Waals surface area contributed by atoms with Crippen LogP contribution in [0.2, 0.25) is 0 Å². The SMILES string of the molecule is CCOC(=O)c1c(C)[nH]c(C(=O)[C@@H](C)[n+]2ccc(C(=O)c3ccccc3)cc2)c1C. The summed E-state index contributed by atoms with van der Waals surface area (Å²) in [7, 11) is 0. The van der Waals surface area contributed by atoms with Crippen LogP contribution in [-0.4, -0.2) is 29.1 Å². The zero-order chi connectivity index (χ0) is 21.8. The minimum absolute atomic E-state index is 0.0726. The van der Waals surface area contributed by atoms with E-state index in [-0.39, 0.29) is 18.2 Å². The van der Waals surface area contributed by atoms with Crippen molar-refractivity contribution in [2.75, 3.05) is 6.61 Å². The number of H-pyrrole nitrogens is 1. The van der Waals surface area contributed by atoms with Gasteiger partial charge in [-0.05, 0) is 26.3 Å². The molecule has 0 aliphatic heterocycles. The first kappa shape index (κ1) is 21.2. The molecule has 0 unspecified atom stereocenters. The van der Waals surface area contributed by atoms with Gasteiger partial charge in [0.2, 0.25) is 11.8 Å². The van der Waals surface area contributed by atoms with Crippen LogP contribution in [0.4, 0.5) is 0 Å². The van der Waals surface area contributed by atoms with Crippen LogP contribution in [-0.2, 0) is 4.74 Å². The Bertz CT molecular complexity index is 1080. The Balaban J connectivity index is 1.82. The molecule has 6 heteroatoms. The van der Waals surface area contributed by atoms with E-state index < -0.39 is 12.0 Å². The van der Waals surface area contributed by atoms with E-state index >= 15 is 0 Å². The van der Waals surface area contributed by atoms with Crippen molar-refractivity contribution in [1.29, 1.82) is 0 Å². The summed E-state index contributed by atoms with van der Waals surface area (Å²) in [6.45, 7) is 7.28. The standard InChI is InChI=1S/C24H24N2O4/c1-5-30-24(29)20-15(2)21(25-16(20)3)22(27)17(4)26-13-11-19(12-14-26)23(28)18-9-7-6-8-10-18/h6-14,17H,5H2,1-4H3/p+1/t17-/m1/s1. The molecule has 0 radical (unpaired) electrons. The lowest BCUT2D eigenvalue weighted by molar-refractivity contribution is -0.704. The van der Waals surface area contributed by atoms with Crippen LogP contribution in [0.15, 0.2) is 54.9 Å². The van der Waals surface area contributed by atoms with Crippen molar-refractivity contribution in [3.05, 3.63) is 88.5 Å².